The van der Waals surface area contributed by atoms with Gasteiger partial charge >= 0.3 is 5.97 Å². The molecule has 0 amide bonds. The van der Waals surface area contributed by atoms with Gasteiger partial charge in [0.1, 0.15) is 0 Å². The van der Waals surface area contributed by atoms with E-state index in [0.29, 0.717) is 18.1 Å². The summed E-state index contributed by atoms with van der Waals surface area (Å²) in [6, 6.07) is 4.97. The minimum absolute atomic E-state index is 0.160. The molecule has 17 heavy (non-hydrogen) atoms. The number of carbonyl (C=O) groups is 1. The zero-order valence-electron chi connectivity index (χ0n) is 9.51. The van der Waals surface area contributed by atoms with E-state index in [-0.39, 0.29) is 5.69 Å². The van der Waals surface area contributed by atoms with Gasteiger partial charge in [0.05, 0.1) is 12.9 Å². The van der Waals surface area contributed by atoms with Gasteiger partial charge in [0.25, 0.3) is 0 Å². The predicted octanol–water partition coefficient (Wildman–Crippen LogP) is 2.89. The number of ether oxygens (including phenoxy) is 1. The molecule has 0 fully saturated rings. The van der Waals surface area contributed by atoms with Gasteiger partial charge in [-0.1, -0.05) is 18.5 Å². The number of esters is 1. The Kier molecular flexibility index (Phi) is 3.59. The topological polar surface area (TPSA) is 65.5 Å². The maximum absolute atomic E-state index is 11.5. The summed E-state index contributed by atoms with van der Waals surface area (Å²) in [5, 5.41) is 3.64. The van der Waals surface area contributed by atoms with Crippen molar-refractivity contribution in [2.45, 2.75) is 19.8 Å². The molecule has 0 bridgehead atoms. The second kappa shape index (κ2) is 5.34. The Morgan fingerprint density at radius 3 is 3.06 bits per heavy atom. The van der Waals surface area contributed by atoms with Gasteiger partial charge in [-0.15, -0.1) is 0 Å². The highest BCUT2D eigenvalue weighted by molar-refractivity contribution is 5.88. The van der Waals surface area contributed by atoms with E-state index >= 15 is 0 Å². The molecule has 90 valence electrons. The lowest BCUT2D eigenvalue weighted by Crippen LogP contribution is -2.06. The van der Waals surface area contributed by atoms with Crippen LogP contribution in [0.4, 0.5) is 0 Å². The normalized spacial score (nSPS) is 10.4. The zero-order chi connectivity index (χ0) is 12.1. The summed E-state index contributed by atoms with van der Waals surface area (Å²) < 4.78 is 15.1. The molecule has 2 heterocycles. The van der Waals surface area contributed by atoms with Crippen LogP contribution in [0.15, 0.2) is 33.4 Å². The molecule has 0 aliphatic carbocycles. The molecule has 0 unspecified atom stereocenters. The Balaban J connectivity index is 2.01. The van der Waals surface area contributed by atoms with Crippen LogP contribution in [-0.4, -0.2) is 17.7 Å². The molecule has 2 aromatic heterocycles. The molecule has 0 radical (unpaired) electrons. The standard InChI is InChI=1S/C12H13NO4/c1-2-3-6-16-12(14)9-8-11(17-13-9)10-5-4-7-15-10/h4-5,7-8H,2-3,6H2,1H3. The fourth-order valence-corrected chi connectivity index (χ4v) is 1.29. The first-order valence-electron chi connectivity index (χ1n) is 5.49. The van der Waals surface area contributed by atoms with Crippen LogP contribution in [0.2, 0.25) is 0 Å². The van der Waals surface area contributed by atoms with Crippen molar-refractivity contribution in [1.29, 1.82) is 0 Å². The van der Waals surface area contributed by atoms with Crippen molar-refractivity contribution in [2.75, 3.05) is 6.61 Å². The van der Waals surface area contributed by atoms with Crippen LogP contribution in [0.1, 0.15) is 30.3 Å². The molecule has 0 saturated heterocycles. The Morgan fingerprint density at radius 1 is 1.47 bits per heavy atom. The third kappa shape index (κ3) is 2.75. The molecule has 0 aliphatic rings. The van der Waals surface area contributed by atoms with Crippen molar-refractivity contribution in [3.63, 3.8) is 0 Å². The Labute approximate surface area is 98.3 Å². The fraction of sp³-hybridized carbons (Fsp3) is 0.333. The number of aromatic nitrogens is 1. The van der Waals surface area contributed by atoms with Crippen LogP contribution in [0.3, 0.4) is 0 Å². The summed E-state index contributed by atoms with van der Waals surface area (Å²) in [7, 11) is 0. The highest BCUT2D eigenvalue weighted by atomic mass is 16.5. The number of furan rings is 1. The Morgan fingerprint density at radius 2 is 2.35 bits per heavy atom. The second-order valence-corrected chi connectivity index (χ2v) is 3.54. The van der Waals surface area contributed by atoms with E-state index in [1.54, 1.807) is 12.1 Å². The van der Waals surface area contributed by atoms with Crippen LogP contribution in [0.25, 0.3) is 11.5 Å². The largest absolute Gasteiger partial charge is 0.461 e. The zero-order valence-corrected chi connectivity index (χ0v) is 9.51. The summed E-state index contributed by atoms with van der Waals surface area (Å²) in [6.45, 7) is 2.43. The van der Waals surface area contributed by atoms with Crippen molar-refractivity contribution < 1.29 is 18.5 Å². The number of unbranched alkanes of at least 4 members (excludes halogenated alkanes) is 1. The predicted molar refractivity (Wildman–Crippen MR) is 59.4 cm³/mol. The van der Waals surface area contributed by atoms with Crippen LogP contribution >= 0.6 is 0 Å². The highest BCUT2D eigenvalue weighted by Gasteiger charge is 2.15. The van der Waals surface area contributed by atoms with Gasteiger partial charge in [-0.2, -0.15) is 0 Å². The first-order valence-corrected chi connectivity index (χ1v) is 5.49. The average molecular weight is 235 g/mol. The van der Waals surface area contributed by atoms with E-state index in [0.717, 1.165) is 12.8 Å². The molecule has 0 aromatic carbocycles. The van der Waals surface area contributed by atoms with Crippen LogP contribution in [0.5, 0.6) is 0 Å². The van der Waals surface area contributed by atoms with Gasteiger partial charge in [-0.3, -0.25) is 0 Å². The summed E-state index contributed by atoms with van der Waals surface area (Å²) in [6.07, 6.45) is 3.34. The molecular weight excluding hydrogens is 222 g/mol. The minimum Gasteiger partial charge on any atom is -0.461 e. The van der Waals surface area contributed by atoms with Gasteiger partial charge in [0, 0.05) is 6.07 Å². The van der Waals surface area contributed by atoms with Gasteiger partial charge in [0.2, 0.25) is 5.76 Å². The summed E-state index contributed by atoms with van der Waals surface area (Å²) >= 11 is 0. The number of rotatable bonds is 5. The van der Waals surface area contributed by atoms with E-state index in [9.17, 15) is 4.79 Å². The number of hydrogen-bond acceptors (Lipinski definition) is 5. The van der Waals surface area contributed by atoms with Gasteiger partial charge in [-0.25, -0.2) is 4.79 Å². The molecule has 0 spiro atoms. The lowest BCUT2D eigenvalue weighted by molar-refractivity contribution is 0.0488. The molecule has 2 rings (SSSR count). The van der Waals surface area contributed by atoms with Crippen LogP contribution < -0.4 is 0 Å². The van der Waals surface area contributed by atoms with Crippen LogP contribution in [0, 0.1) is 0 Å². The molecule has 2 aromatic rings. The number of nitrogens with zero attached hydrogens (tertiary/aromatic N) is 1. The highest BCUT2D eigenvalue weighted by Crippen LogP contribution is 2.20. The van der Waals surface area contributed by atoms with Crippen LogP contribution in [-0.2, 0) is 4.74 Å². The maximum atomic E-state index is 11.5. The minimum atomic E-state index is -0.472. The lowest BCUT2D eigenvalue weighted by Gasteiger charge is -1.99. The van der Waals surface area contributed by atoms with Gasteiger partial charge < -0.3 is 13.7 Å². The van der Waals surface area contributed by atoms with E-state index in [1.165, 1.54) is 12.3 Å². The molecule has 5 heteroatoms. The van der Waals surface area contributed by atoms with E-state index in [4.69, 9.17) is 13.7 Å². The monoisotopic (exact) mass is 235 g/mol. The van der Waals surface area contributed by atoms with Crippen molar-refractivity contribution in [3.8, 4) is 11.5 Å². The maximum Gasteiger partial charge on any atom is 0.360 e. The summed E-state index contributed by atoms with van der Waals surface area (Å²) in [5.41, 5.74) is 0.160. The van der Waals surface area contributed by atoms with Crippen molar-refractivity contribution >= 4 is 5.97 Å². The smallest absolute Gasteiger partial charge is 0.360 e. The van der Waals surface area contributed by atoms with E-state index < -0.39 is 5.97 Å². The molecular formula is C12H13NO4. The molecule has 0 N–H and O–H groups in total. The van der Waals surface area contributed by atoms with Crippen molar-refractivity contribution in [1.82, 2.24) is 5.16 Å². The number of hydrogen-bond donors (Lipinski definition) is 0. The molecule has 0 aliphatic heterocycles. The van der Waals surface area contributed by atoms with Gasteiger partial charge in [0.15, 0.2) is 11.5 Å². The Bertz CT molecular complexity index is 472. The SMILES string of the molecule is CCCCOC(=O)c1cc(-c2ccco2)on1. The van der Waals surface area contributed by atoms with E-state index in [2.05, 4.69) is 5.16 Å². The first kappa shape index (κ1) is 11.4. The van der Waals surface area contributed by atoms with Gasteiger partial charge in [-0.05, 0) is 18.6 Å². The number of carbonyl (C=O) groups excluding carboxylic acids is 1. The summed E-state index contributed by atoms with van der Waals surface area (Å²) in [4.78, 5) is 11.5. The second-order valence-electron chi connectivity index (χ2n) is 3.54. The van der Waals surface area contributed by atoms with E-state index in [1.807, 2.05) is 6.92 Å². The molecule has 0 atom stereocenters. The van der Waals surface area contributed by atoms with Crippen molar-refractivity contribution in [3.05, 3.63) is 30.2 Å². The molecule has 5 nitrogen and oxygen atoms in total. The first-order chi connectivity index (χ1) is 8.31. The quantitative estimate of drug-likeness (QED) is 0.588. The lowest BCUT2D eigenvalue weighted by atomic mass is 10.3. The summed E-state index contributed by atoms with van der Waals surface area (Å²) in [5.74, 6) is 0.475. The third-order valence-electron chi connectivity index (χ3n) is 2.21. The Hall–Kier alpha value is -2.04. The fourth-order valence-electron chi connectivity index (χ4n) is 1.29. The molecule has 0 saturated carbocycles. The third-order valence-corrected chi connectivity index (χ3v) is 2.21. The average Bonchev–Trinajstić information content (AvgIpc) is 3.00. The van der Waals surface area contributed by atoms with Crippen molar-refractivity contribution in [2.24, 2.45) is 0 Å².